The zero-order valence-electron chi connectivity index (χ0n) is 12.2. The van der Waals surface area contributed by atoms with E-state index in [0.29, 0.717) is 6.04 Å². The van der Waals surface area contributed by atoms with Gasteiger partial charge in [-0.3, -0.25) is 0 Å². The topological polar surface area (TPSA) is 15.3 Å². The van der Waals surface area contributed by atoms with E-state index in [2.05, 4.69) is 62.3 Å². The summed E-state index contributed by atoms with van der Waals surface area (Å²) < 4.78 is 0. The Bertz CT molecular complexity index is 367. The molecule has 0 saturated carbocycles. The van der Waals surface area contributed by atoms with Crippen LogP contribution in [0.15, 0.2) is 24.3 Å². The van der Waals surface area contributed by atoms with E-state index in [1.54, 1.807) is 0 Å². The first-order valence-electron chi connectivity index (χ1n) is 7.01. The van der Waals surface area contributed by atoms with Gasteiger partial charge < -0.3 is 10.2 Å². The number of hydrogen-bond acceptors (Lipinski definition) is 2. The van der Waals surface area contributed by atoms with E-state index >= 15 is 0 Å². The second-order valence-electron chi connectivity index (χ2n) is 6.55. The number of piperidine rings is 1. The Labute approximate surface area is 111 Å². The monoisotopic (exact) mass is 246 g/mol. The number of hydrogen-bond donors (Lipinski definition) is 1. The van der Waals surface area contributed by atoms with Crippen molar-refractivity contribution in [2.75, 3.05) is 25.5 Å². The van der Waals surface area contributed by atoms with Gasteiger partial charge in [0.05, 0.1) is 0 Å². The highest BCUT2D eigenvalue weighted by Gasteiger charge is 2.17. The lowest BCUT2D eigenvalue weighted by molar-refractivity contribution is 0.264. The summed E-state index contributed by atoms with van der Waals surface area (Å²) in [6.45, 7) is 9.18. The Morgan fingerprint density at radius 3 is 2.11 bits per heavy atom. The molecular weight excluding hydrogens is 220 g/mol. The molecule has 0 amide bonds. The van der Waals surface area contributed by atoms with Gasteiger partial charge in [0.1, 0.15) is 0 Å². The predicted molar refractivity (Wildman–Crippen MR) is 79.3 cm³/mol. The van der Waals surface area contributed by atoms with E-state index < -0.39 is 0 Å². The zero-order chi connectivity index (χ0) is 13.2. The number of nitrogens with zero attached hydrogens (tertiary/aromatic N) is 1. The Balaban J connectivity index is 1.94. The SMILES string of the molecule is CN1CCC(Nc2ccc(C(C)(C)C)cc2)CC1. The molecule has 1 saturated heterocycles. The summed E-state index contributed by atoms with van der Waals surface area (Å²) >= 11 is 0. The third kappa shape index (κ3) is 3.49. The summed E-state index contributed by atoms with van der Waals surface area (Å²) in [4.78, 5) is 2.40. The molecule has 0 spiro atoms. The second kappa shape index (κ2) is 5.31. The molecule has 0 radical (unpaired) electrons. The van der Waals surface area contributed by atoms with Crippen molar-refractivity contribution in [3.05, 3.63) is 29.8 Å². The zero-order valence-corrected chi connectivity index (χ0v) is 12.2. The molecule has 1 heterocycles. The van der Waals surface area contributed by atoms with Crippen molar-refractivity contribution in [3.8, 4) is 0 Å². The molecule has 100 valence electrons. The van der Waals surface area contributed by atoms with Gasteiger partial charge in [-0.25, -0.2) is 0 Å². The Hall–Kier alpha value is -1.02. The van der Waals surface area contributed by atoms with E-state index in [0.717, 1.165) is 0 Å². The van der Waals surface area contributed by atoms with E-state index in [-0.39, 0.29) is 5.41 Å². The van der Waals surface area contributed by atoms with Gasteiger partial charge in [0.15, 0.2) is 0 Å². The minimum absolute atomic E-state index is 0.242. The molecule has 0 bridgehead atoms. The van der Waals surface area contributed by atoms with Crippen LogP contribution in [0.5, 0.6) is 0 Å². The van der Waals surface area contributed by atoms with Gasteiger partial charge in [0, 0.05) is 11.7 Å². The summed E-state index contributed by atoms with van der Waals surface area (Å²) in [5, 5.41) is 3.65. The lowest BCUT2D eigenvalue weighted by Gasteiger charge is -2.30. The maximum Gasteiger partial charge on any atom is 0.0342 e. The van der Waals surface area contributed by atoms with Crippen LogP contribution in [0.2, 0.25) is 0 Å². The quantitative estimate of drug-likeness (QED) is 0.859. The summed E-state index contributed by atoms with van der Waals surface area (Å²) in [7, 11) is 2.20. The van der Waals surface area contributed by atoms with Crippen LogP contribution in [-0.4, -0.2) is 31.1 Å². The van der Waals surface area contributed by atoms with Crippen molar-refractivity contribution in [2.24, 2.45) is 0 Å². The molecule has 2 rings (SSSR count). The molecule has 0 unspecified atom stereocenters. The Kier molecular flexibility index (Phi) is 3.96. The first-order valence-corrected chi connectivity index (χ1v) is 7.01. The molecule has 2 heteroatoms. The molecule has 18 heavy (non-hydrogen) atoms. The fraction of sp³-hybridized carbons (Fsp3) is 0.625. The third-order valence-electron chi connectivity index (χ3n) is 3.84. The molecule has 1 aliphatic heterocycles. The van der Waals surface area contributed by atoms with Crippen LogP contribution in [0.25, 0.3) is 0 Å². The lowest BCUT2D eigenvalue weighted by Crippen LogP contribution is -2.36. The van der Waals surface area contributed by atoms with Gasteiger partial charge in [-0.1, -0.05) is 32.9 Å². The van der Waals surface area contributed by atoms with Gasteiger partial charge in [-0.15, -0.1) is 0 Å². The van der Waals surface area contributed by atoms with Crippen LogP contribution < -0.4 is 5.32 Å². The van der Waals surface area contributed by atoms with Gasteiger partial charge in [-0.05, 0) is 56.1 Å². The van der Waals surface area contributed by atoms with Crippen LogP contribution in [-0.2, 0) is 5.41 Å². The average Bonchev–Trinajstić information content (AvgIpc) is 2.32. The van der Waals surface area contributed by atoms with Crippen LogP contribution in [0.3, 0.4) is 0 Å². The summed E-state index contributed by atoms with van der Waals surface area (Å²) in [6, 6.07) is 9.58. The molecule has 0 atom stereocenters. The minimum Gasteiger partial charge on any atom is -0.382 e. The highest BCUT2D eigenvalue weighted by atomic mass is 15.1. The Morgan fingerprint density at radius 2 is 1.61 bits per heavy atom. The molecule has 1 aliphatic rings. The normalized spacial score (nSPS) is 18.9. The third-order valence-corrected chi connectivity index (χ3v) is 3.84. The molecular formula is C16H26N2. The number of anilines is 1. The average molecular weight is 246 g/mol. The van der Waals surface area contributed by atoms with Crippen molar-refractivity contribution in [1.29, 1.82) is 0 Å². The van der Waals surface area contributed by atoms with Crippen LogP contribution in [0, 0.1) is 0 Å². The van der Waals surface area contributed by atoms with Crippen molar-refractivity contribution >= 4 is 5.69 Å². The smallest absolute Gasteiger partial charge is 0.0342 e. The van der Waals surface area contributed by atoms with Crippen molar-refractivity contribution in [1.82, 2.24) is 4.90 Å². The van der Waals surface area contributed by atoms with Gasteiger partial charge in [-0.2, -0.15) is 0 Å². The molecule has 0 aromatic heterocycles. The maximum atomic E-state index is 3.65. The molecule has 1 aromatic carbocycles. The number of nitrogens with one attached hydrogen (secondary N) is 1. The van der Waals surface area contributed by atoms with Crippen molar-refractivity contribution in [2.45, 2.75) is 45.1 Å². The van der Waals surface area contributed by atoms with E-state index in [4.69, 9.17) is 0 Å². The number of benzene rings is 1. The Morgan fingerprint density at radius 1 is 1.06 bits per heavy atom. The second-order valence-corrected chi connectivity index (χ2v) is 6.55. The van der Waals surface area contributed by atoms with E-state index in [9.17, 15) is 0 Å². The largest absolute Gasteiger partial charge is 0.382 e. The molecule has 2 nitrogen and oxygen atoms in total. The first kappa shape index (κ1) is 13.4. The van der Waals surface area contributed by atoms with Crippen molar-refractivity contribution < 1.29 is 0 Å². The fourth-order valence-electron chi connectivity index (χ4n) is 2.46. The lowest BCUT2D eigenvalue weighted by atomic mass is 9.87. The minimum atomic E-state index is 0.242. The van der Waals surface area contributed by atoms with Crippen LogP contribution >= 0.6 is 0 Å². The molecule has 1 N–H and O–H groups in total. The molecule has 0 aliphatic carbocycles. The van der Waals surface area contributed by atoms with Gasteiger partial charge in [0.2, 0.25) is 0 Å². The highest BCUT2D eigenvalue weighted by Crippen LogP contribution is 2.24. The molecule has 1 aromatic rings. The predicted octanol–water partition coefficient (Wildman–Crippen LogP) is 3.49. The molecule has 1 fully saturated rings. The standard InChI is InChI=1S/C16H26N2/c1-16(2,3)13-5-7-14(8-6-13)17-15-9-11-18(4)12-10-15/h5-8,15,17H,9-12H2,1-4H3. The maximum absolute atomic E-state index is 3.65. The van der Waals surface area contributed by atoms with Crippen molar-refractivity contribution in [3.63, 3.8) is 0 Å². The van der Waals surface area contributed by atoms with E-state index in [1.807, 2.05) is 0 Å². The van der Waals surface area contributed by atoms with Gasteiger partial charge >= 0.3 is 0 Å². The number of rotatable bonds is 2. The van der Waals surface area contributed by atoms with E-state index in [1.165, 1.54) is 37.2 Å². The summed E-state index contributed by atoms with van der Waals surface area (Å²) in [5.41, 5.74) is 2.90. The van der Waals surface area contributed by atoms with Crippen LogP contribution in [0.4, 0.5) is 5.69 Å². The summed E-state index contributed by atoms with van der Waals surface area (Å²) in [5.74, 6) is 0. The van der Waals surface area contributed by atoms with Crippen LogP contribution in [0.1, 0.15) is 39.2 Å². The summed E-state index contributed by atoms with van der Waals surface area (Å²) in [6.07, 6.45) is 2.50. The first-order chi connectivity index (χ1) is 8.45. The highest BCUT2D eigenvalue weighted by molar-refractivity contribution is 5.46. The fourth-order valence-corrected chi connectivity index (χ4v) is 2.46. The van der Waals surface area contributed by atoms with Gasteiger partial charge in [0.25, 0.3) is 0 Å². The number of likely N-dealkylation sites (tertiary alicyclic amines) is 1.